The molecular formula is C17H17N6O2S-. The van der Waals surface area contributed by atoms with Crippen molar-refractivity contribution in [2.75, 3.05) is 27.7 Å². The second-order valence-corrected chi connectivity index (χ2v) is 6.11. The zero-order valence-corrected chi connectivity index (χ0v) is 14.7. The quantitative estimate of drug-likeness (QED) is 0.451. The highest BCUT2D eigenvalue weighted by Crippen LogP contribution is 2.24. The number of nitrogen functional groups attached to an aromatic ring is 1. The molecule has 26 heavy (non-hydrogen) atoms. The van der Waals surface area contributed by atoms with Crippen molar-refractivity contribution in [2.24, 2.45) is 0 Å². The summed E-state index contributed by atoms with van der Waals surface area (Å²) in [4.78, 5) is 10.6. The maximum Gasteiger partial charge on any atom is 0.229 e. The van der Waals surface area contributed by atoms with Crippen LogP contribution in [0.5, 0.6) is 0 Å². The predicted molar refractivity (Wildman–Crippen MR) is 103 cm³/mol. The van der Waals surface area contributed by atoms with Gasteiger partial charge in [-0.15, -0.1) is 0 Å². The van der Waals surface area contributed by atoms with E-state index in [1.807, 2.05) is 36.2 Å². The van der Waals surface area contributed by atoms with Crippen LogP contribution in [0, 0.1) is 0 Å². The van der Waals surface area contributed by atoms with Crippen molar-refractivity contribution in [1.82, 2.24) is 9.97 Å². The molecule has 0 aliphatic heterocycles. The highest BCUT2D eigenvalue weighted by Gasteiger charge is 2.07. The van der Waals surface area contributed by atoms with Gasteiger partial charge in [-0.3, -0.25) is 4.21 Å². The van der Waals surface area contributed by atoms with Crippen molar-refractivity contribution in [3.63, 3.8) is 0 Å². The lowest BCUT2D eigenvalue weighted by molar-refractivity contribution is 0.542. The molecule has 8 nitrogen and oxygen atoms in total. The maximum atomic E-state index is 10.7. The van der Waals surface area contributed by atoms with Crippen LogP contribution in [-0.4, -0.2) is 25.8 Å². The number of rotatable bonds is 6. The van der Waals surface area contributed by atoms with Crippen LogP contribution in [0.1, 0.15) is 0 Å². The van der Waals surface area contributed by atoms with Crippen LogP contribution in [0.25, 0.3) is 0 Å². The minimum atomic E-state index is -2.38. The Morgan fingerprint density at radius 2 is 1.85 bits per heavy atom. The first-order valence-electron chi connectivity index (χ1n) is 7.66. The average Bonchev–Trinajstić information content (AvgIpc) is 2.62. The first kappa shape index (κ1) is 17.6. The third-order valence-electron chi connectivity index (χ3n) is 3.58. The van der Waals surface area contributed by atoms with E-state index in [1.54, 1.807) is 36.5 Å². The summed E-state index contributed by atoms with van der Waals surface area (Å²) in [5.41, 5.74) is 8.46. The summed E-state index contributed by atoms with van der Waals surface area (Å²) in [6.07, 6.45) is 1.65. The number of nitrogens with two attached hydrogens (primary N) is 1. The smallest absolute Gasteiger partial charge is 0.229 e. The molecule has 0 bridgehead atoms. The lowest BCUT2D eigenvalue weighted by atomic mass is 10.2. The van der Waals surface area contributed by atoms with Gasteiger partial charge in [0.1, 0.15) is 5.82 Å². The van der Waals surface area contributed by atoms with Crippen LogP contribution in [0.2, 0.25) is 0 Å². The van der Waals surface area contributed by atoms with Crippen LogP contribution in [0.3, 0.4) is 0 Å². The van der Waals surface area contributed by atoms with E-state index in [0.717, 1.165) is 5.69 Å². The minimum absolute atomic E-state index is 0.394. The van der Waals surface area contributed by atoms with Gasteiger partial charge in [0.15, 0.2) is 0 Å². The molecule has 1 atom stereocenters. The monoisotopic (exact) mass is 369 g/mol. The van der Waals surface area contributed by atoms with Gasteiger partial charge in [-0.25, -0.2) is 4.98 Å². The van der Waals surface area contributed by atoms with Crippen LogP contribution in [0.15, 0.2) is 60.8 Å². The zero-order valence-electron chi connectivity index (χ0n) is 13.9. The molecule has 0 fully saturated rings. The first-order valence-corrected chi connectivity index (χ1v) is 8.74. The molecule has 0 saturated heterocycles. The van der Waals surface area contributed by atoms with Gasteiger partial charge in [0.05, 0.1) is 0 Å². The number of aromatic nitrogens is 2. The third kappa shape index (κ3) is 4.47. The van der Waals surface area contributed by atoms with E-state index in [9.17, 15) is 8.76 Å². The molecule has 9 heteroatoms. The van der Waals surface area contributed by atoms with Gasteiger partial charge in [0.25, 0.3) is 0 Å². The minimum Gasteiger partial charge on any atom is -0.755 e. The Balaban J connectivity index is 1.79. The first-order chi connectivity index (χ1) is 12.5. The van der Waals surface area contributed by atoms with Gasteiger partial charge in [-0.1, -0.05) is 6.07 Å². The Hall–Kier alpha value is -3.17. The van der Waals surface area contributed by atoms with E-state index in [2.05, 4.69) is 20.0 Å². The van der Waals surface area contributed by atoms with E-state index in [1.165, 1.54) is 0 Å². The third-order valence-corrected chi connectivity index (χ3v) is 3.99. The Bertz CT molecular complexity index is 919. The molecule has 4 N–H and O–H groups in total. The second-order valence-electron chi connectivity index (χ2n) is 5.43. The number of nitrogens with zero attached hydrogens (tertiary/aromatic N) is 3. The molecule has 0 saturated carbocycles. The van der Waals surface area contributed by atoms with Gasteiger partial charge < -0.3 is 25.2 Å². The Morgan fingerprint density at radius 3 is 2.58 bits per heavy atom. The largest absolute Gasteiger partial charge is 0.755 e. The standard InChI is InChI=1S/C17H18N6O2S/c1-23(15-7-5-12(18)6-8-15)16-9-10-19-17(21-16)20-13-3-2-4-14(11-13)22-26(24)25/h2-11,22H,18H2,1H3,(H,24,25)(H,19,20,21)/p-1. The Morgan fingerprint density at radius 1 is 1.12 bits per heavy atom. The molecule has 3 rings (SSSR count). The zero-order chi connectivity index (χ0) is 18.5. The van der Waals surface area contributed by atoms with Gasteiger partial charge in [0.2, 0.25) is 5.95 Å². The van der Waals surface area contributed by atoms with Crippen molar-refractivity contribution in [1.29, 1.82) is 0 Å². The van der Waals surface area contributed by atoms with E-state index in [0.29, 0.717) is 28.8 Å². The van der Waals surface area contributed by atoms with Crippen molar-refractivity contribution in [2.45, 2.75) is 0 Å². The molecule has 0 aliphatic carbocycles. The van der Waals surface area contributed by atoms with Gasteiger partial charge in [0, 0.05) is 47.3 Å². The maximum absolute atomic E-state index is 10.7. The fourth-order valence-corrected chi connectivity index (χ4v) is 2.63. The fraction of sp³-hybridized carbons (Fsp3) is 0.0588. The Labute approximate surface area is 153 Å². The summed E-state index contributed by atoms with van der Waals surface area (Å²) in [6, 6.07) is 16.1. The van der Waals surface area contributed by atoms with Crippen molar-refractivity contribution in [3.05, 3.63) is 60.8 Å². The molecule has 0 amide bonds. The molecule has 0 spiro atoms. The van der Waals surface area contributed by atoms with Gasteiger partial charge in [-0.2, -0.15) is 4.98 Å². The van der Waals surface area contributed by atoms with Crippen LogP contribution < -0.4 is 20.7 Å². The molecule has 3 aromatic rings. The number of nitrogens with one attached hydrogen (secondary N) is 2. The summed E-state index contributed by atoms with van der Waals surface area (Å²) >= 11 is -2.38. The Kier molecular flexibility index (Phi) is 5.30. The van der Waals surface area contributed by atoms with Crippen molar-refractivity contribution in [3.8, 4) is 0 Å². The summed E-state index contributed by atoms with van der Waals surface area (Å²) in [5, 5.41) is 3.06. The van der Waals surface area contributed by atoms with E-state index in [-0.39, 0.29) is 0 Å². The molecule has 0 radical (unpaired) electrons. The number of benzene rings is 2. The van der Waals surface area contributed by atoms with E-state index >= 15 is 0 Å². The fourth-order valence-electron chi connectivity index (χ4n) is 2.31. The van der Waals surface area contributed by atoms with Crippen LogP contribution in [0.4, 0.5) is 34.5 Å². The summed E-state index contributed by atoms with van der Waals surface area (Å²) in [5.74, 6) is 1.09. The molecule has 1 heterocycles. The SMILES string of the molecule is CN(c1ccc(N)cc1)c1ccnc(Nc2cccc(NS(=O)[O-])c2)n1. The van der Waals surface area contributed by atoms with Crippen LogP contribution in [-0.2, 0) is 11.3 Å². The lowest BCUT2D eigenvalue weighted by Gasteiger charge is -2.19. The van der Waals surface area contributed by atoms with E-state index in [4.69, 9.17) is 5.73 Å². The lowest BCUT2D eigenvalue weighted by Crippen LogP contribution is -2.12. The normalized spacial score (nSPS) is 11.6. The highest BCUT2D eigenvalue weighted by molar-refractivity contribution is 7.80. The molecule has 0 aliphatic rings. The number of hydrogen-bond acceptors (Lipinski definition) is 7. The summed E-state index contributed by atoms with van der Waals surface area (Å²) in [7, 11) is 1.89. The number of anilines is 6. The number of hydrogen-bond donors (Lipinski definition) is 3. The molecular weight excluding hydrogens is 352 g/mol. The molecule has 2 aromatic carbocycles. The van der Waals surface area contributed by atoms with Crippen LogP contribution >= 0.6 is 0 Å². The van der Waals surface area contributed by atoms with E-state index < -0.39 is 11.3 Å². The average molecular weight is 369 g/mol. The second kappa shape index (κ2) is 7.81. The molecule has 1 aromatic heterocycles. The predicted octanol–water partition coefficient (Wildman–Crippen LogP) is 2.78. The topological polar surface area (TPSA) is 119 Å². The van der Waals surface area contributed by atoms with Gasteiger partial charge in [-0.05, 0) is 48.5 Å². The highest BCUT2D eigenvalue weighted by atomic mass is 32.2. The summed E-state index contributed by atoms with van der Waals surface area (Å²) < 4.78 is 23.8. The summed E-state index contributed by atoms with van der Waals surface area (Å²) in [6.45, 7) is 0. The molecule has 134 valence electrons. The van der Waals surface area contributed by atoms with Gasteiger partial charge >= 0.3 is 0 Å². The van der Waals surface area contributed by atoms with Crippen molar-refractivity contribution < 1.29 is 8.76 Å². The van der Waals surface area contributed by atoms with Crippen molar-refractivity contribution >= 4 is 45.8 Å². The molecule has 1 unspecified atom stereocenters.